The van der Waals surface area contributed by atoms with E-state index < -0.39 is 26.0 Å². The van der Waals surface area contributed by atoms with Crippen LogP contribution in [0.3, 0.4) is 0 Å². The van der Waals surface area contributed by atoms with Crippen molar-refractivity contribution in [2.24, 2.45) is 0 Å². The first kappa shape index (κ1) is 28.1. The van der Waals surface area contributed by atoms with Crippen molar-refractivity contribution in [3.05, 3.63) is 35.9 Å². The number of Topliss-reactive ketones (excluding diaryl/α,β-unsaturated/α-hetero) is 1. The van der Waals surface area contributed by atoms with Crippen molar-refractivity contribution >= 4 is 31.7 Å². The lowest BCUT2D eigenvalue weighted by atomic mass is 10.2. The molecule has 2 saturated heterocycles. The lowest BCUT2D eigenvalue weighted by molar-refractivity contribution is -0.0760. The van der Waals surface area contributed by atoms with Gasteiger partial charge in [-0.3, -0.25) is 14.4 Å². The van der Waals surface area contributed by atoms with Crippen LogP contribution >= 0.6 is 0 Å². The highest BCUT2D eigenvalue weighted by Gasteiger charge is 2.30. The monoisotopic (exact) mass is 543 g/mol. The topological polar surface area (TPSA) is 153 Å². The molecule has 0 saturated carbocycles. The molecule has 0 aliphatic carbocycles. The number of hydrogen-bond acceptors (Lipinski definition) is 7. The summed E-state index contributed by atoms with van der Waals surface area (Å²) < 4.78 is 51.7. The van der Waals surface area contributed by atoms with Crippen molar-refractivity contribution in [1.82, 2.24) is 23.6 Å². The zero-order valence-corrected chi connectivity index (χ0v) is 22.3. The van der Waals surface area contributed by atoms with E-state index in [0.717, 1.165) is 30.7 Å². The maximum atomic E-state index is 12.3. The first-order valence-electron chi connectivity index (χ1n) is 11.7. The Morgan fingerprint density at radius 3 is 1.69 bits per heavy atom. The minimum Gasteiger partial charge on any atom is -0.357 e. The van der Waals surface area contributed by atoms with E-state index in [0.29, 0.717) is 38.3 Å². The number of hydrogen-bond donors (Lipinski definition) is 2. The number of nitrogens with zero attached hydrogens (tertiary/aromatic N) is 3. The molecule has 200 valence electrons. The van der Waals surface area contributed by atoms with Gasteiger partial charge >= 0.3 is 0 Å². The van der Waals surface area contributed by atoms with Gasteiger partial charge in [-0.1, -0.05) is 6.92 Å². The van der Waals surface area contributed by atoms with Gasteiger partial charge in [0, 0.05) is 52.0 Å². The average Bonchev–Trinajstić information content (AvgIpc) is 3.68. The quantitative estimate of drug-likeness (QED) is 0.380. The molecule has 2 aromatic heterocycles. The second kappa shape index (κ2) is 11.7. The van der Waals surface area contributed by atoms with Gasteiger partial charge in [-0.15, -0.1) is 0 Å². The molecule has 2 fully saturated rings. The van der Waals surface area contributed by atoms with Crippen molar-refractivity contribution in [3.63, 3.8) is 0 Å². The van der Waals surface area contributed by atoms with E-state index in [1.165, 1.54) is 47.3 Å². The Labute approximate surface area is 211 Å². The van der Waals surface area contributed by atoms with Gasteiger partial charge in [-0.25, -0.2) is 21.9 Å². The SMILES string of the molecule is CCC(=O)c1cc(S(=O)(=O)N2CCCC2)c[nH]1.CON(C)C(=O)c1cc(S(=O)(=O)N2CCCC2)c[nH]1. The average molecular weight is 544 g/mol. The molecule has 2 N–H and O–H groups in total. The Balaban J connectivity index is 0.000000202. The van der Waals surface area contributed by atoms with E-state index in [-0.39, 0.29) is 21.3 Å². The number of ketones is 1. The second-order valence-corrected chi connectivity index (χ2v) is 12.4. The first-order chi connectivity index (χ1) is 17.0. The molecular formula is C22H33N5O7S2. The minimum atomic E-state index is -3.49. The molecule has 0 aromatic carbocycles. The molecule has 2 aromatic rings. The second-order valence-electron chi connectivity index (χ2n) is 8.48. The van der Waals surface area contributed by atoms with Crippen molar-refractivity contribution < 1.29 is 31.3 Å². The third-order valence-electron chi connectivity index (χ3n) is 6.13. The Morgan fingerprint density at radius 2 is 1.28 bits per heavy atom. The number of H-pyrrole nitrogens is 2. The molecule has 4 rings (SSSR count). The molecule has 4 heterocycles. The fourth-order valence-electron chi connectivity index (χ4n) is 3.93. The smallest absolute Gasteiger partial charge is 0.293 e. The number of nitrogens with one attached hydrogen (secondary N) is 2. The van der Waals surface area contributed by atoms with Crippen LogP contribution in [-0.2, 0) is 24.9 Å². The number of rotatable bonds is 8. The van der Waals surface area contributed by atoms with Crippen LogP contribution in [0.4, 0.5) is 0 Å². The first-order valence-corrected chi connectivity index (χ1v) is 14.6. The summed E-state index contributed by atoms with van der Waals surface area (Å²) >= 11 is 0. The van der Waals surface area contributed by atoms with Crippen LogP contribution in [0.5, 0.6) is 0 Å². The molecule has 14 heteroatoms. The van der Waals surface area contributed by atoms with Gasteiger partial charge in [0.15, 0.2) is 5.78 Å². The summed E-state index contributed by atoms with van der Waals surface area (Å²) in [7, 11) is -4.08. The van der Waals surface area contributed by atoms with E-state index in [9.17, 15) is 26.4 Å². The molecule has 0 radical (unpaired) electrons. The van der Waals surface area contributed by atoms with Crippen LogP contribution in [0.15, 0.2) is 34.3 Å². The normalized spacial score (nSPS) is 17.1. The predicted octanol–water partition coefficient (Wildman–Crippen LogP) is 1.82. The fourth-order valence-corrected chi connectivity index (χ4v) is 6.95. The van der Waals surface area contributed by atoms with Gasteiger partial charge in [-0.2, -0.15) is 8.61 Å². The lowest BCUT2D eigenvalue weighted by Gasteiger charge is -2.14. The van der Waals surface area contributed by atoms with Gasteiger partial charge in [-0.05, 0) is 37.8 Å². The van der Waals surface area contributed by atoms with Crippen LogP contribution in [-0.4, -0.2) is 92.5 Å². The van der Waals surface area contributed by atoms with Crippen molar-refractivity contribution in [2.45, 2.75) is 48.8 Å². The third kappa shape index (κ3) is 6.06. The van der Waals surface area contributed by atoms with Crippen LogP contribution in [0.2, 0.25) is 0 Å². The molecule has 0 unspecified atom stereocenters. The summed E-state index contributed by atoms with van der Waals surface area (Å²) in [6, 6.07) is 2.77. The maximum absolute atomic E-state index is 12.3. The van der Waals surface area contributed by atoms with Gasteiger partial charge in [0.1, 0.15) is 15.5 Å². The highest BCUT2D eigenvalue weighted by Crippen LogP contribution is 2.23. The summed E-state index contributed by atoms with van der Waals surface area (Å²) in [5, 5.41) is 1.03. The van der Waals surface area contributed by atoms with Gasteiger partial charge < -0.3 is 9.97 Å². The van der Waals surface area contributed by atoms with Gasteiger partial charge in [0.25, 0.3) is 5.91 Å². The Hall–Kier alpha value is -2.52. The number of carbonyl (C=O) groups excluding carboxylic acids is 2. The predicted molar refractivity (Wildman–Crippen MR) is 131 cm³/mol. The molecular weight excluding hydrogens is 510 g/mol. The molecule has 0 spiro atoms. The van der Waals surface area contributed by atoms with Crippen LogP contribution in [0, 0.1) is 0 Å². The number of aromatic amines is 2. The van der Waals surface area contributed by atoms with E-state index in [1.54, 1.807) is 6.92 Å². The molecule has 0 atom stereocenters. The molecule has 0 bridgehead atoms. The van der Waals surface area contributed by atoms with Gasteiger partial charge in [0.05, 0.1) is 12.8 Å². The summed E-state index contributed by atoms with van der Waals surface area (Å²) in [4.78, 5) is 33.7. The van der Waals surface area contributed by atoms with Crippen LogP contribution < -0.4 is 0 Å². The minimum absolute atomic E-state index is 0.0760. The van der Waals surface area contributed by atoms with E-state index >= 15 is 0 Å². The van der Waals surface area contributed by atoms with Crippen LogP contribution in [0.1, 0.15) is 60.0 Å². The lowest BCUT2D eigenvalue weighted by Crippen LogP contribution is -2.27. The highest BCUT2D eigenvalue weighted by atomic mass is 32.2. The summed E-state index contributed by atoms with van der Waals surface area (Å²) in [5.41, 5.74) is 0.549. The Kier molecular flexibility index (Phi) is 9.11. The summed E-state index contributed by atoms with van der Waals surface area (Å²) in [6.45, 7) is 3.97. The summed E-state index contributed by atoms with van der Waals surface area (Å²) in [5.74, 6) is -0.502. The number of hydroxylamine groups is 2. The van der Waals surface area contributed by atoms with Crippen molar-refractivity contribution in [3.8, 4) is 0 Å². The molecule has 2 aliphatic rings. The fraction of sp³-hybridized carbons (Fsp3) is 0.545. The number of aromatic nitrogens is 2. The zero-order chi connectivity index (χ0) is 26.5. The highest BCUT2D eigenvalue weighted by molar-refractivity contribution is 7.89. The standard InChI is InChI=1S/C11H17N3O4S.C11H16N2O3S/c1-13(18-2)11(15)10-7-9(8-12-10)19(16,17)14-5-3-4-6-14;1-2-11(14)10-7-9(8-12-10)17(15,16)13-5-3-4-6-13/h7-8,12H,3-6H2,1-2H3;7-8,12H,2-6H2,1H3. The van der Waals surface area contributed by atoms with Crippen molar-refractivity contribution in [2.75, 3.05) is 40.3 Å². The Morgan fingerprint density at radius 1 is 0.861 bits per heavy atom. The largest absolute Gasteiger partial charge is 0.357 e. The maximum Gasteiger partial charge on any atom is 0.293 e. The number of sulfonamides is 2. The molecule has 2 aliphatic heterocycles. The van der Waals surface area contributed by atoms with Crippen LogP contribution in [0.25, 0.3) is 0 Å². The summed E-state index contributed by atoms with van der Waals surface area (Å²) in [6.07, 6.45) is 6.67. The van der Waals surface area contributed by atoms with E-state index in [4.69, 9.17) is 4.84 Å². The van der Waals surface area contributed by atoms with Crippen molar-refractivity contribution in [1.29, 1.82) is 0 Å². The number of carbonyl (C=O) groups is 2. The zero-order valence-electron chi connectivity index (χ0n) is 20.7. The number of amides is 1. The molecule has 36 heavy (non-hydrogen) atoms. The third-order valence-corrected chi connectivity index (χ3v) is 9.88. The van der Waals surface area contributed by atoms with E-state index in [1.807, 2.05) is 0 Å². The Bertz CT molecular complexity index is 1270. The molecule has 12 nitrogen and oxygen atoms in total. The van der Waals surface area contributed by atoms with Gasteiger partial charge in [0.2, 0.25) is 20.0 Å². The molecule has 1 amide bonds. The van der Waals surface area contributed by atoms with E-state index in [2.05, 4.69) is 9.97 Å².